The highest BCUT2D eigenvalue weighted by Crippen LogP contribution is 2.24. The van der Waals surface area contributed by atoms with Crippen molar-refractivity contribution in [2.75, 3.05) is 26.2 Å². The maximum Gasteiger partial charge on any atom is 0.133 e. The molecule has 1 aromatic carbocycles. The normalized spacial score (nSPS) is 27.0. The Morgan fingerprint density at radius 3 is 2.55 bits per heavy atom. The second-order valence-electron chi connectivity index (χ2n) is 6.57. The lowest BCUT2D eigenvalue weighted by Crippen LogP contribution is -2.50. The van der Waals surface area contributed by atoms with Crippen molar-refractivity contribution in [2.45, 2.75) is 32.4 Å². The molecule has 1 aliphatic carbocycles. The van der Waals surface area contributed by atoms with Crippen LogP contribution in [0.15, 0.2) is 42.5 Å². The average molecular weight is 298 g/mol. The van der Waals surface area contributed by atoms with Gasteiger partial charge in [0.25, 0.3) is 0 Å². The van der Waals surface area contributed by atoms with Gasteiger partial charge >= 0.3 is 0 Å². The van der Waals surface area contributed by atoms with E-state index in [-0.39, 0.29) is 5.92 Å². The highest BCUT2D eigenvalue weighted by atomic mass is 16.1. The van der Waals surface area contributed by atoms with E-state index < -0.39 is 0 Å². The molecule has 1 aliphatic heterocycles. The zero-order valence-electron chi connectivity index (χ0n) is 13.4. The molecule has 0 spiro atoms. The maximum absolute atomic E-state index is 11.6. The first-order chi connectivity index (χ1) is 10.7. The minimum Gasteiger partial charge on any atom is -0.300 e. The predicted octanol–water partition coefficient (Wildman–Crippen LogP) is 2.73. The molecule has 3 heteroatoms. The second kappa shape index (κ2) is 7.21. The SMILES string of the molecule is CC(=O)[C@@H]1CC=C[C@H](N2CCN(Cc3ccccc3)CC2)C1. The summed E-state index contributed by atoms with van der Waals surface area (Å²) in [5, 5.41) is 0. The molecular weight excluding hydrogens is 272 g/mol. The van der Waals surface area contributed by atoms with Gasteiger partial charge in [0.1, 0.15) is 5.78 Å². The van der Waals surface area contributed by atoms with Crippen molar-refractivity contribution in [1.82, 2.24) is 9.80 Å². The lowest BCUT2D eigenvalue weighted by molar-refractivity contribution is -0.121. The van der Waals surface area contributed by atoms with Gasteiger partial charge in [-0.3, -0.25) is 14.6 Å². The third-order valence-corrected chi connectivity index (χ3v) is 5.00. The van der Waals surface area contributed by atoms with Gasteiger partial charge in [0.2, 0.25) is 0 Å². The summed E-state index contributed by atoms with van der Waals surface area (Å²) in [5.41, 5.74) is 1.39. The number of piperazine rings is 1. The molecular formula is C19H26N2O. The fraction of sp³-hybridized carbons (Fsp3) is 0.526. The molecule has 1 aromatic rings. The summed E-state index contributed by atoms with van der Waals surface area (Å²) in [6.45, 7) is 7.22. The largest absolute Gasteiger partial charge is 0.300 e. The van der Waals surface area contributed by atoms with Crippen molar-refractivity contribution in [3.05, 3.63) is 48.0 Å². The number of Topliss-reactive ketones (excluding diaryl/α,β-unsaturated/α-hetero) is 1. The maximum atomic E-state index is 11.6. The molecule has 3 rings (SSSR count). The first-order valence-electron chi connectivity index (χ1n) is 8.40. The van der Waals surface area contributed by atoms with E-state index in [0.29, 0.717) is 11.8 Å². The van der Waals surface area contributed by atoms with Crippen LogP contribution in [-0.2, 0) is 11.3 Å². The number of hydrogen-bond donors (Lipinski definition) is 0. The molecule has 3 nitrogen and oxygen atoms in total. The van der Waals surface area contributed by atoms with Gasteiger partial charge in [0.15, 0.2) is 0 Å². The number of rotatable bonds is 4. The van der Waals surface area contributed by atoms with Gasteiger partial charge in [-0.05, 0) is 25.3 Å². The van der Waals surface area contributed by atoms with Gasteiger partial charge in [-0.15, -0.1) is 0 Å². The third kappa shape index (κ3) is 3.84. The molecule has 2 atom stereocenters. The summed E-state index contributed by atoms with van der Waals surface area (Å²) < 4.78 is 0. The first-order valence-corrected chi connectivity index (χ1v) is 8.40. The quantitative estimate of drug-likeness (QED) is 0.799. The summed E-state index contributed by atoms with van der Waals surface area (Å²) in [6, 6.07) is 11.2. The number of carbonyl (C=O) groups excluding carboxylic acids is 1. The van der Waals surface area contributed by atoms with Crippen LogP contribution < -0.4 is 0 Å². The van der Waals surface area contributed by atoms with Crippen LogP contribution in [-0.4, -0.2) is 47.8 Å². The number of hydrogen-bond acceptors (Lipinski definition) is 3. The molecule has 0 saturated carbocycles. The molecule has 0 radical (unpaired) electrons. The summed E-state index contributed by atoms with van der Waals surface area (Å²) in [4.78, 5) is 16.7. The van der Waals surface area contributed by atoms with Crippen molar-refractivity contribution in [3.63, 3.8) is 0 Å². The Morgan fingerprint density at radius 2 is 1.86 bits per heavy atom. The van der Waals surface area contributed by atoms with Crippen molar-refractivity contribution in [2.24, 2.45) is 5.92 Å². The third-order valence-electron chi connectivity index (χ3n) is 5.00. The molecule has 0 amide bonds. The molecule has 22 heavy (non-hydrogen) atoms. The Hall–Kier alpha value is -1.45. The Kier molecular flexibility index (Phi) is 5.06. The zero-order chi connectivity index (χ0) is 15.4. The van der Waals surface area contributed by atoms with Crippen molar-refractivity contribution >= 4 is 5.78 Å². The molecule has 0 unspecified atom stereocenters. The van der Waals surface area contributed by atoms with Crippen molar-refractivity contribution < 1.29 is 4.79 Å². The fourth-order valence-electron chi connectivity index (χ4n) is 3.56. The summed E-state index contributed by atoms with van der Waals surface area (Å²) in [7, 11) is 0. The van der Waals surface area contributed by atoms with E-state index in [9.17, 15) is 4.79 Å². The fourth-order valence-corrected chi connectivity index (χ4v) is 3.56. The average Bonchev–Trinajstić information content (AvgIpc) is 2.56. The van der Waals surface area contributed by atoms with E-state index >= 15 is 0 Å². The number of nitrogens with zero attached hydrogens (tertiary/aromatic N) is 2. The molecule has 118 valence electrons. The van der Waals surface area contributed by atoms with E-state index in [1.807, 2.05) is 0 Å². The predicted molar refractivity (Wildman–Crippen MR) is 89.6 cm³/mol. The monoisotopic (exact) mass is 298 g/mol. The standard InChI is InChI=1S/C19H26N2O/c1-16(22)18-8-5-9-19(14-18)21-12-10-20(11-13-21)15-17-6-3-2-4-7-17/h2-7,9,18-19H,8,10-15H2,1H3/t18-,19+/m1/s1. The van der Waals surface area contributed by atoms with Gasteiger partial charge in [-0.2, -0.15) is 0 Å². The topological polar surface area (TPSA) is 23.6 Å². The molecule has 1 fully saturated rings. The smallest absolute Gasteiger partial charge is 0.133 e. The van der Waals surface area contributed by atoms with E-state index in [0.717, 1.165) is 45.6 Å². The van der Waals surface area contributed by atoms with Crippen LogP contribution in [0.4, 0.5) is 0 Å². The number of carbonyl (C=O) groups is 1. The van der Waals surface area contributed by atoms with E-state index in [1.54, 1.807) is 6.92 Å². The molecule has 0 aromatic heterocycles. The second-order valence-corrected chi connectivity index (χ2v) is 6.57. The van der Waals surface area contributed by atoms with Gasteiger partial charge in [-0.25, -0.2) is 0 Å². The zero-order valence-corrected chi connectivity index (χ0v) is 13.4. The Labute approximate surface area is 133 Å². The van der Waals surface area contributed by atoms with Crippen LogP contribution in [0.1, 0.15) is 25.3 Å². The number of allylic oxidation sites excluding steroid dienone is 1. The molecule has 2 aliphatic rings. The van der Waals surface area contributed by atoms with Crippen LogP contribution in [0.3, 0.4) is 0 Å². The van der Waals surface area contributed by atoms with Crippen LogP contribution in [0.5, 0.6) is 0 Å². The minimum absolute atomic E-state index is 0.234. The number of benzene rings is 1. The summed E-state index contributed by atoms with van der Waals surface area (Å²) >= 11 is 0. The Bertz CT molecular complexity index is 517. The lowest BCUT2D eigenvalue weighted by atomic mass is 9.87. The van der Waals surface area contributed by atoms with Gasteiger partial charge in [0.05, 0.1) is 0 Å². The van der Waals surface area contributed by atoms with Crippen molar-refractivity contribution in [1.29, 1.82) is 0 Å². The minimum atomic E-state index is 0.234. The Balaban J connectivity index is 1.50. The van der Waals surface area contributed by atoms with Crippen LogP contribution in [0, 0.1) is 5.92 Å². The molecule has 1 saturated heterocycles. The first kappa shape index (κ1) is 15.4. The van der Waals surface area contributed by atoms with Gasteiger partial charge in [-0.1, -0.05) is 42.5 Å². The molecule has 0 bridgehead atoms. The summed E-state index contributed by atoms with van der Waals surface area (Å²) in [5.74, 6) is 0.578. The van der Waals surface area contributed by atoms with Crippen LogP contribution in [0.25, 0.3) is 0 Å². The number of ketones is 1. The van der Waals surface area contributed by atoms with E-state index in [2.05, 4.69) is 52.3 Å². The highest BCUT2D eigenvalue weighted by Gasteiger charge is 2.28. The molecule has 0 N–H and O–H groups in total. The van der Waals surface area contributed by atoms with E-state index in [1.165, 1.54) is 5.56 Å². The molecule has 1 heterocycles. The van der Waals surface area contributed by atoms with Crippen LogP contribution >= 0.6 is 0 Å². The summed E-state index contributed by atoms with van der Waals surface area (Å²) in [6.07, 6.45) is 6.45. The van der Waals surface area contributed by atoms with Gasteiger partial charge < -0.3 is 0 Å². The van der Waals surface area contributed by atoms with Gasteiger partial charge in [0, 0.05) is 44.7 Å². The Morgan fingerprint density at radius 1 is 1.14 bits per heavy atom. The highest BCUT2D eigenvalue weighted by molar-refractivity contribution is 5.78. The van der Waals surface area contributed by atoms with Crippen molar-refractivity contribution in [3.8, 4) is 0 Å². The van der Waals surface area contributed by atoms with Crippen LogP contribution in [0.2, 0.25) is 0 Å². The van der Waals surface area contributed by atoms with E-state index in [4.69, 9.17) is 0 Å². The lowest BCUT2D eigenvalue weighted by Gasteiger charge is -2.40.